The average Bonchev–Trinajstić information content (AvgIpc) is 3.23. The molecule has 0 spiro atoms. The largest absolute Gasteiger partial charge is 0.508 e. The quantitative estimate of drug-likeness (QED) is 0.606. The normalized spacial score (nSPS) is 28.1. The molecule has 170 valence electrons. The molecule has 0 amide bonds. The fraction of sp³-hybridized carbons (Fsp3) is 0.565. The Kier molecular flexibility index (Phi) is 7.35. The number of carbonyl (C=O) groups is 2. The number of carboxylic acid groups (broad SMARTS) is 2. The van der Waals surface area contributed by atoms with E-state index >= 15 is 0 Å². The molecule has 1 aromatic rings. The zero-order chi connectivity index (χ0) is 22.6. The van der Waals surface area contributed by atoms with Gasteiger partial charge in [-0.15, -0.1) is 0 Å². The number of phenols is 1. The summed E-state index contributed by atoms with van der Waals surface area (Å²) in [5.74, 6) is -1.52. The van der Waals surface area contributed by atoms with E-state index in [-0.39, 0.29) is 11.7 Å². The van der Waals surface area contributed by atoms with Gasteiger partial charge in [-0.2, -0.15) is 0 Å². The Hall–Kier alpha value is -2.42. The first kappa shape index (κ1) is 23.2. The number of hydrogen-bond acceptors (Lipinski definition) is 6. The van der Waals surface area contributed by atoms with Crippen molar-refractivity contribution in [3.63, 3.8) is 0 Å². The fourth-order valence-corrected chi connectivity index (χ4v) is 4.96. The number of likely N-dealkylation sites (tertiary alicyclic amines) is 1. The van der Waals surface area contributed by atoms with E-state index in [4.69, 9.17) is 19.7 Å². The highest BCUT2D eigenvalue weighted by Gasteiger charge is 2.48. The van der Waals surface area contributed by atoms with Gasteiger partial charge in [-0.05, 0) is 54.0 Å². The average molecular weight is 434 g/mol. The van der Waals surface area contributed by atoms with E-state index in [0.29, 0.717) is 29.9 Å². The molecule has 2 saturated heterocycles. The number of piperidine rings is 1. The number of fused-ring (bicyclic) bond motifs is 4. The smallest absolute Gasteiger partial charge is 0.328 e. The van der Waals surface area contributed by atoms with Crippen molar-refractivity contribution in [3.8, 4) is 5.75 Å². The summed E-state index contributed by atoms with van der Waals surface area (Å²) in [6, 6.07) is 6.53. The molecule has 2 bridgehead atoms. The van der Waals surface area contributed by atoms with Crippen LogP contribution in [-0.2, 0) is 30.9 Å². The number of carboxylic acids is 2. The summed E-state index contributed by atoms with van der Waals surface area (Å²) in [5, 5.41) is 25.5. The highest BCUT2D eigenvalue weighted by Crippen LogP contribution is 2.49. The molecule has 0 radical (unpaired) electrons. The lowest BCUT2D eigenvalue weighted by Gasteiger charge is -2.54. The SMILES string of the molecule is C[C@H]1[C@@H]2Cc3ccc(O)cc3[C@]1(C)CCN2CCC1OCCO1.O=C(O)/C=C/C(=O)O. The molecule has 0 saturated carbocycles. The highest BCUT2D eigenvalue weighted by molar-refractivity contribution is 5.89. The Labute approximate surface area is 182 Å². The number of benzene rings is 1. The summed E-state index contributed by atoms with van der Waals surface area (Å²) in [6.45, 7) is 8.39. The van der Waals surface area contributed by atoms with Gasteiger partial charge in [0.05, 0.1) is 13.2 Å². The second-order valence-corrected chi connectivity index (χ2v) is 8.57. The minimum Gasteiger partial charge on any atom is -0.508 e. The zero-order valence-electron chi connectivity index (χ0n) is 18.0. The third-order valence-electron chi connectivity index (χ3n) is 6.82. The van der Waals surface area contributed by atoms with Gasteiger partial charge in [-0.1, -0.05) is 19.9 Å². The summed E-state index contributed by atoms with van der Waals surface area (Å²) >= 11 is 0. The maximum atomic E-state index is 9.91. The third-order valence-corrected chi connectivity index (χ3v) is 6.82. The minimum atomic E-state index is -1.26. The van der Waals surface area contributed by atoms with Crippen LogP contribution in [0.1, 0.15) is 37.8 Å². The molecular weight excluding hydrogens is 402 g/mol. The van der Waals surface area contributed by atoms with E-state index in [2.05, 4.69) is 24.8 Å². The number of ether oxygens (including phenoxy) is 2. The molecule has 0 unspecified atom stereocenters. The summed E-state index contributed by atoms with van der Waals surface area (Å²) < 4.78 is 11.2. The van der Waals surface area contributed by atoms with Crippen LogP contribution in [0.15, 0.2) is 30.4 Å². The van der Waals surface area contributed by atoms with Crippen LogP contribution in [0, 0.1) is 5.92 Å². The van der Waals surface area contributed by atoms with Crippen LogP contribution in [0.25, 0.3) is 0 Å². The Morgan fingerprint density at radius 3 is 2.45 bits per heavy atom. The molecule has 3 N–H and O–H groups in total. The number of hydrogen-bond donors (Lipinski definition) is 3. The molecule has 2 aliphatic heterocycles. The molecule has 4 rings (SSSR count). The van der Waals surface area contributed by atoms with Crippen molar-refractivity contribution in [2.24, 2.45) is 5.92 Å². The number of aromatic hydroxyl groups is 1. The Morgan fingerprint density at radius 1 is 1.19 bits per heavy atom. The van der Waals surface area contributed by atoms with Crippen LogP contribution in [-0.4, -0.2) is 70.8 Å². The monoisotopic (exact) mass is 433 g/mol. The topological polar surface area (TPSA) is 117 Å². The highest BCUT2D eigenvalue weighted by atomic mass is 16.7. The first-order valence-corrected chi connectivity index (χ1v) is 10.6. The van der Waals surface area contributed by atoms with Crippen molar-refractivity contribution in [2.45, 2.75) is 50.9 Å². The minimum absolute atomic E-state index is 0.00793. The summed E-state index contributed by atoms with van der Waals surface area (Å²) in [4.78, 5) is 21.7. The standard InChI is InChI=1S/C19H27NO3.C4H4O4/c1-13-17-11-14-3-4-15(21)12-16(14)19(13,2)6-8-20(17)7-5-18-22-9-10-23-18;5-3(6)1-2-4(7)8/h3-4,12-13,17-18,21H,5-11H2,1-2H3;1-2H,(H,5,6)(H,7,8)/b;2-1+/t13-,17-,19+;/m0./s1. The Morgan fingerprint density at radius 2 is 1.84 bits per heavy atom. The van der Waals surface area contributed by atoms with Gasteiger partial charge in [0, 0.05) is 31.2 Å². The maximum Gasteiger partial charge on any atom is 0.328 e. The van der Waals surface area contributed by atoms with E-state index in [1.165, 1.54) is 11.1 Å². The Bertz CT molecular complexity index is 817. The molecule has 3 aliphatic rings. The van der Waals surface area contributed by atoms with Gasteiger partial charge in [0.15, 0.2) is 6.29 Å². The van der Waals surface area contributed by atoms with E-state index in [0.717, 1.165) is 45.6 Å². The Balaban J connectivity index is 0.000000293. The molecule has 2 fully saturated rings. The summed E-state index contributed by atoms with van der Waals surface area (Å²) in [5.41, 5.74) is 2.95. The molecule has 1 aromatic carbocycles. The van der Waals surface area contributed by atoms with Crippen molar-refractivity contribution in [2.75, 3.05) is 26.3 Å². The number of aliphatic carboxylic acids is 2. The molecule has 0 aromatic heterocycles. The van der Waals surface area contributed by atoms with Crippen LogP contribution in [0.5, 0.6) is 5.75 Å². The molecule has 8 nitrogen and oxygen atoms in total. The van der Waals surface area contributed by atoms with Crippen molar-refractivity contribution in [3.05, 3.63) is 41.5 Å². The summed E-state index contributed by atoms with van der Waals surface area (Å²) in [7, 11) is 0. The second kappa shape index (κ2) is 9.80. The van der Waals surface area contributed by atoms with E-state index in [1.54, 1.807) is 0 Å². The second-order valence-electron chi connectivity index (χ2n) is 8.57. The van der Waals surface area contributed by atoms with E-state index in [9.17, 15) is 14.7 Å². The predicted molar refractivity (Wildman–Crippen MR) is 113 cm³/mol. The van der Waals surface area contributed by atoms with Crippen molar-refractivity contribution in [1.82, 2.24) is 4.90 Å². The molecule has 2 heterocycles. The molecule has 3 atom stereocenters. The predicted octanol–water partition coefficient (Wildman–Crippen LogP) is 2.39. The van der Waals surface area contributed by atoms with Crippen LogP contribution >= 0.6 is 0 Å². The van der Waals surface area contributed by atoms with Gasteiger partial charge in [0.1, 0.15) is 5.75 Å². The summed E-state index contributed by atoms with van der Waals surface area (Å²) in [6.07, 6.45) is 4.30. The van der Waals surface area contributed by atoms with Crippen LogP contribution in [0.2, 0.25) is 0 Å². The lowest BCUT2D eigenvalue weighted by Crippen LogP contribution is -2.58. The van der Waals surface area contributed by atoms with Crippen molar-refractivity contribution in [1.29, 1.82) is 0 Å². The van der Waals surface area contributed by atoms with Gasteiger partial charge in [-0.3, -0.25) is 4.90 Å². The maximum absolute atomic E-state index is 9.91. The molecule has 8 heteroatoms. The van der Waals surface area contributed by atoms with E-state index in [1.807, 2.05) is 12.1 Å². The lowest BCUT2D eigenvalue weighted by molar-refractivity contribution is -0.134. The molecular formula is C23H31NO7. The first-order chi connectivity index (χ1) is 14.7. The lowest BCUT2D eigenvalue weighted by atomic mass is 9.59. The first-order valence-electron chi connectivity index (χ1n) is 10.6. The third kappa shape index (κ3) is 5.44. The number of phenolic OH excluding ortho intramolecular Hbond substituents is 1. The zero-order valence-corrected chi connectivity index (χ0v) is 18.0. The van der Waals surface area contributed by atoms with Crippen LogP contribution < -0.4 is 0 Å². The van der Waals surface area contributed by atoms with Gasteiger partial charge >= 0.3 is 11.9 Å². The van der Waals surface area contributed by atoms with Gasteiger partial charge in [-0.25, -0.2) is 9.59 Å². The number of nitrogens with zero attached hydrogens (tertiary/aromatic N) is 1. The van der Waals surface area contributed by atoms with Gasteiger partial charge < -0.3 is 24.8 Å². The van der Waals surface area contributed by atoms with Crippen LogP contribution in [0.3, 0.4) is 0 Å². The van der Waals surface area contributed by atoms with E-state index < -0.39 is 11.9 Å². The fourth-order valence-electron chi connectivity index (χ4n) is 4.96. The van der Waals surface area contributed by atoms with Gasteiger partial charge in [0.2, 0.25) is 0 Å². The number of rotatable bonds is 5. The van der Waals surface area contributed by atoms with Crippen molar-refractivity contribution < 1.29 is 34.4 Å². The molecule has 31 heavy (non-hydrogen) atoms. The molecule has 1 aliphatic carbocycles. The van der Waals surface area contributed by atoms with Gasteiger partial charge in [0.25, 0.3) is 0 Å². The van der Waals surface area contributed by atoms with Crippen molar-refractivity contribution >= 4 is 11.9 Å². The van der Waals surface area contributed by atoms with Crippen LogP contribution in [0.4, 0.5) is 0 Å².